The number of rotatable bonds is 10. The van der Waals surface area contributed by atoms with Crippen molar-refractivity contribution in [3.63, 3.8) is 0 Å². The predicted octanol–water partition coefficient (Wildman–Crippen LogP) is 15.3. The number of halogens is 2. The van der Waals surface area contributed by atoms with Crippen molar-refractivity contribution in [3.8, 4) is 22.3 Å². The molecule has 0 saturated carbocycles. The van der Waals surface area contributed by atoms with E-state index in [4.69, 9.17) is 0 Å². The van der Waals surface area contributed by atoms with Crippen LogP contribution in [0.15, 0.2) is 109 Å². The summed E-state index contributed by atoms with van der Waals surface area (Å²) < 4.78 is 0. The Balaban J connectivity index is 0.000000875. The first kappa shape index (κ1) is 48.8. The molecule has 3 atom stereocenters. The number of fused-ring (bicyclic) bond motifs is 2. The molecule has 4 heteroatoms. The van der Waals surface area contributed by atoms with Crippen molar-refractivity contribution in [2.45, 2.75) is 98.3 Å². The average Bonchev–Trinajstić information content (AvgIpc) is 3.77. The molecule has 0 fully saturated rings. The van der Waals surface area contributed by atoms with Crippen LogP contribution in [-0.4, -0.2) is 6.88 Å². The normalized spacial score (nSPS) is 11.9. The van der Waals surface area contributed by atoms with Crippen LogP contribution in [-0.2, 0) is 29.8 Å². The Kier molecular flexibility index (Phi) is 23.1. The molecule has 0 nitrogen and oxygen atoms in total. The Hall–Kier alpha value is -2.22. The number of hydrogen-bond acceptors (Lipinski definition) is 0. The van der Waals surface area contributed by atoms with E-state index in [0.717, 1.165) is 6.42 Å². The molecule has 51 heavy (non-hydrogen) atoms. The fourth-order valence-corrected chi connectivity index (χ4v) is 6.60. The monoisotopic (exact) mass is 812 g/mol. The van der Waals surface area contributed by atoms with Gasteiger partial charge in [0.2, 0.25) is 0 Å². The van der Waals surface area contributed by atoms with Crippen LogP contribution in [0.3, 0.4) is 0 Å². The van der Waals surface area contributed by atoms with Gasteiger partial charge < -0.3 is 14.9 Å². The molecule has 2 radical (unpaired) electrons. The summed E-state index contributed by atoms with van der Waals surface area (Å²) >= 11 is 1.36. The molecule has 0 amide bonds. The van der Waals surface area contributed by atoms with Crippen LogP contribution >= 0.6 is 24.8 Å². The molecule has 6 rings (SSSR count). The summed E-state index contributed by atoms with van der Waals surface area (Å²) in [5.41, 5.74) is 11.1. The standard InChI is InChI=1S/C24H29.C21H23.2CH3.2ClH.Si.Zr/c1-5-8-18(4)22-15-21-9-7-10-23(24(21)16-22)20-13-11-19(12-14-20)17(3)6-2;1-4-15(3)17-9-11-18(12-10-17)20-8-6-7-19-13-16(5-2)14-21(19)20;;;;;;/h7,9-18H,5-6,8H2,1-4H3;6-15H,4-5H2,1-3H3;2*1H3;2*1H;;/q4*-1;;;;. The molecule has 274 valence electrons. The van der Waals surface area contributed by atoms with Crippen molar-refractivity contribution in [1.82, 2.24) is 0 Å². The second kappa shape index (κ2) is 24.2. The van der Waals surface area contributed by atoms with Gasteiger partial charge in [-0.25, -0.2) is 0 Å². The third-order valence-corrected chi connectivity index (χ3v) is 10.1. The summed E-state index contributed by atoms with van der Waals surface area (Å²) in [6, 6.07) is 41.0. The Morgan fingerprint density at radius 3 is 1.41 bits per heavy atom. The SMILES string of the molecule is CCCC(C)c1cc2c(-c3ccc(C(C)CC)cc3)cccc2[cH-]1.CCc1cc2c(-c3ccc(C(C)CC)cc3)cccc2[cH-]1.Cl.Cl.[CH3-].[CH3-].[Si]=[Zr]. The van der Waals surface area contributed by atoms with E-state index in [2.05, 4.69) is 165 Å². The van der Waals surface area contributed by atoms with Crippen LogP contribution in [0.4, 0.5) is 0 Å². The van der Waals surface area contributed by atoms with Gasteiger partial charge in [-0.05, 0) is 65.7 Å². The van der Waals surface area contributed by atoms with E-state index >= 15 is 0 Å². The molecule has 6 aromatic rings. The number of benzene rings is 4. The van der Waals surface area contributed by atoms with Gasteiger partial charge in [-0.15, -0.1) is 93.9 Å². The van der Waals surface area contributed by atoms with Crippen molar-refractivity contribution < 1.29 is 23.3 Å². The molecule has 0 aliphatic carbocycles. The second-order valence-electron chi connectivity index (χ2n) is 13.2. The maximum absolute atomic E-state index is 3.06. The predicted molar refractivity (Wildman–Crippen MR) is 233 cm³/mol. The fraction of sp³-hybridized carbons (Fsp3) is 0.319. The summed E-state index contributed by atoms with van der Waals surface area (Å²) in [5.74, 6) is 1.92. The third kappa shape index (κ3) is 12.2. The van der Waals surface area contributed by atoms with E-state index in [1.165, 1.54) is 115 Å². The van der Waals surface area contributed by atoms with Crippen LogP contribution in [0.2, 0.25) is 0 Å². The van der Waals surface area contributed by atoms with Crippen molar-refractivity contribution >= 4 is 53.2 Å². The van der Waals surface area contributed by atoms with Crippen molar-refractivity contribution in [2.75, 3.05) is 0 Å². The van der Waals surface area contributed by atoms with Crippen molar-refractivity contribution in [3.05, 3.63) is 146 Å². The summed E-state index contributed by atoms with van der Waals surface area (Å²) in [6.45, 7) is 19.0. The molecule has 6 aromatic carbocycles. The maximum atomic E-state index is 3.06. The Morgan fingerprint density at radius 1 is 0.569 bits per heavy atom. The van der Waals surface area contributed by atoms with Crippen LogP contribution in [0, 0.1) is 14.9 Å². The number of aryl methyl sites for hydroxylation is 1. The molecular formula is C47H60Cl2SiZr-4. The van der Waals surface area contributed by atoms with E-state index in [-0.39, 0.29) is 39.7 Å². The minimum atomic E-state index is 0. The van der Waals surface area contributed by atoms with E-state index in [0.29, 0.717) is 17.8 Å². The van der Waals surface area contributed by atoms with Crippen LogP contribution < -0.4 is 0 Å². The second-order valence-corrected chi connectivity index (χ2v) is 13.2. The van der Waals surface area contributed by atoms with Crippen molar-refractivity contribution in [1.29, 1.82) is 0 Å². The Bertz CT molecular complexity index is 1830. The van der Waals surface area contributed by atoms with Gasteiger partial charge in [-0.2, -0.15) is 12.1 Å². The summed E-state index contributed by atoms with van der Waals surface area (Å²) in [7, 11) is 0. The first-order chi connectivity index (χ1) is 22.9. The van der Waals surface area contributed by atoms with Gasteiger partial charge >= 0.3 is 30.2 Å². The Labute approximate surface area is 341 Å². The molecule has 0 heterocycles. The molecule has 0 bridgehead atoms. The van der Waals surface area contributed by atoms with Gasteiger partial charge in [0.1, 0.15) is 0 Å². The minimum absolute atomic E-state index is 0. The molecule has 0 N–H and O–H groups in total. The first-order valence-electron chi connectivity index (χ1n) is 17.7. The van der Waals surface area contributed by atoms with Crippen LogP contribution in [0.1, 0.15) is 114 Å². The van der Waals surface area contributed by atoms with Gasteiger partial charge in [-0.3, -0.25) is 0 Å². The van der Waals surface area contributed by atoms with E-state index in [9.17, 15) is 0 Å². The summed E-state index contributed by atoms with van der Waals surface area (Å²) in [6.07, 6.45) is 5.98. The molecule has 0 spiro atoms. The molecule has 0 aliphatic rings. The Morgan fingerprint density at radius 2 is 1.00 bits per heavy atom. The zero-order valence-electron chi connectivity index (χ0n) is 32.5. The zero-order valence-corrected chi connectivity index (χ0v) is 37.6. The van der Waals surface area contributed by atoms with Gasteiger partial charge in [0.25, 0.3) is 0 Å². The van der Waals surface area contributed by atoms with E-state index in [1.807, 2.05) is 0 Å². The summed E-state index contributed by atoms with van der Waals surface area (Å²) in [4.78, 5) is 0. The van der Waals surface area contributed by atoms with E-state index in [1.54, 1.807) is 0 Å². The molecule has 0 aliphatic heterocycles. The number of hydrogen-bond donors (Lipinski definition) is 0. The van der Waals surface area contributed by atoms with Gasteiger partial charge in [-0.1, -0.05) is 127 Å². The average molecular weight is 815 g/mol. The third-order valence-electron chi connectivity index (χ3n) is 10.1. The zero-order chi connectivity index (χ0) is 33.9. The molecule has 0 saturated heterocycles. The molecular weight excluding hydrogens is 755 g/mol. The summed E-state index contributed by atoms with van der Waals surface area (Å²) in [5, 5.41) is 5.50. The van der Waals surface area contributed by atoms with Gasteiger partial charge in [0.05, 0.1) is 0 Å². The first-order valence-corrected chi connectivity index (χ1v) is 21.9. The van der Waals surface area contributed by atoms with Crippen LogP contribution in [0.25, 0.3) is 43.8 Å². The molecule has 0 aromatic heterocycles. The van der Waals surface area contributed by atoms with Crippen molar-refractivity contribution in [2.24, 2.45) is 0 Å². The quantitative estimate of drug-likeness (QED) is 0.0955. The van der Waals surface area contributed by atoms with Gasteiger partial charge in [0.15, 0.2) is 0 Å². The van der Waals surface area contributed by atoms with Gasteiger partial charge in [0, 0.05) is 0 Å². The topological polar surface area (TPSA) is 0 Å². The fourth-order valence-electron chi connectivity index (χ4n) is 6.60. The van der Waals surface area contributed by atoms with Crippen LogP contribution in [0.5, 0.6) is 0 Å². The van der Waals surface area contributed by atoms with E-state index < -0.39 is 0 Å². The molecule has 3 unspecified atom stereocenters.